The van der Waals surface area contributed by atoms with E-state index in [1.807, 2.05) is 0 Å². The van der Waals surface area contributed by atoms with E-state index in [4.69, 9.17) is 0 Å². The van der Waals surface area contributed by atoms with Crippen LogP contribution in [0, 0.1) is 0 Å². The molecule has 0 aliphatic rings. The normalized spacial score (nSPS) is 14.8. The van der Waals surface area contributed by atoms with Gasteiger partial charge in [-0.05, 0) is 40.3 Å². The highest BCUT2D eigenvalue weighted by Crippen LogP contribution is 2.07. The largest absolute Gasteiger partial charge is 0.310 e. The van der Waals surface area contributed by atoms with Gasteiger partial charge in [0, 0.05) is 18.1 Å². The number of nitrogens with one attached hydrogen (secondary N) is 1. The summed E-state index contributed by atoms with van der Waals surface area (Å²) in [6.07, 6.45) is 1.18. The van der Waals surface area contributed by atoms with Gasteiger partial charge in [0.1, 0.15) is 0 Å². The van der Waals surface area contributed by atoms with Gasteiger partial charge in [0.2, 0.25) is 0 Å². The molecule has 0 amide bonds. The molecule has 0 heterocycles. The first-order valence-electron chi connectivity index (χ1n) is 5.95. The van der Waals surface area contributed by atoms with Gasteiger partial charge >= 0.3 is 0 Å². The van der Waals surface area contributed by atoms with Gasteiger partial charge < -0.3 is 5.32 Å². The lowest BCUT2D eigenvalue weighted by molar-refractivity contribution is 0.209. The average Bonchev–Trinajstić information content (AvgIpc) is 2.17. The van der Waals surface area contributed by atoms with Gasteiger partial charge in [-0.2, -0.15) is 0 Å². The molecule has 0 aromatic rings. The van der Waals surface area contributed by atoms with Crippen molar-refractivity contribution in [2.75, 3.05) is 19.6 Å². The zero-order valence-corrected chi connectivity index (χ0v) is 10.9. The summed E-state index contributed by atoms with van der Waals surface area (Å²) in [7, 11) is 0. The second kappa shape index (κ2) is 6.41. The maximum Gasteiger partial charge on any atom is 0.0192 e. The Balaban J connectivity index is 3.88. The molecular formula is C12H28N2. The minimum absolute atomic E-state index is 0.279. The second-order valence-electron chi connectivity index (χ2n) is 4.69. The first-order chi connectivity index (χ1) is 6.46. The van der Waals surface area contributed by atoms with Gasteiger partial charge in [0.25, 0.3) is 0 Å². The molecule has 0 saturated carbocycles. The lowest BCUT2D eigenvalue weighted by Gasteiger charge is -2.31. The molecule has 14 heavy (non-hydrogen) atoms. The van der Waals surface area contributed by atoms with E-state index in [1.165, 1.54) is 6.42 Å². The van der Waals surface area contributed by atoms with Crippen LogP contribution in [-0.2, 0) is 0 Å². The highest BCUT2D eigenvalue weighted by atomic mass is 15.2. The van der Waals surface area contributed by atoms with E-state index in [1.54, 1.807) is 0 Å². The molecule has 0 radical (unpaired) electrons. The van der Waals surface area contributed by atoms with Crippen molar-refractivity contribution in [1.29, 1.82) is 0 Å². The van der Waals surface area contributed by atoms with E-state index in [-0.39, 0.29) is 5.54 Å². The van der Waals surface area contributed by atoms with Crippen LogP contribution >= 0.6 is 0 Å². The summed E-state index contributed by atoms with van der Waals surface area (Å²) in [5, 5.41) is 3.62. The SMILES string of the molecule is CCN(CC)C(C)CNC(C)(C)CC. The van der Waals surface area contributed by atoms with E-state index in [0.29, 0.717) is 6.04 Å². The van der Waals surface area contributed by atoms with Crippen LogP contribution in [0.15, 0.2) is 0 Å². The third kappa shape index (κ3) is 4.97. The van der Waals surface area contributed by atoms with Gasteiger partial charge in [0.15, 0.2) is 0 Å². The van der Waals surface area contributed by atoms with E-state index in [2.05, 4.69) is 51.8 Å². The molecule has 1 unspecified atom stereocenters. The van der Waals surface area contributed by atoms with Gasteiger partial charge in [-0.1, -0.05) is 20.8 Å². The number of rotatable bonds is 7. The fourth-order valence-electron chi connectivity index (χ4n) is 1.53. The Morgan fingerprint density at radius 2 is 1.64 bits per heavy atom. The maximum absolute atomic E-state index is 3.62. The average molecular weight is 200 g/mol. The van der Waals surface area contributed by atoms with E-state index in [9.17, 15) is 0 Å². The molecule has 0 spiro atoms. The van der Waals surface area contributed by atoms with Crippen molar-refractivity contribution < 1.29 is 0 Å². The lowest BCUT2D eigenvalue weighted by atomic mass is 10.0. The maximum atomic E-state index is 3.62. The fraction of sp³-hybridized carbons (Fsp3) is 1.00. The number of likely N-dealkylation sites (N-methyl/N-ethyl adjacent to an activating group) is 1. The highest BCUT2D eigenvalue weighted by molar-refractivity contribution is 4.78. The lowest BCUT2D eigenvalue weighted by Crippen LogP contribution is -2.47. The van der Waals surface area contributed by atoms with Crippen molar-refractivity contribution in [3.8, 4) is 0 Å². The molecule has 1 atom stereocenters. The van der Waals surface area contributed by atoms with Crippen molar-refractivity contribution in [3.63, 3.8) is 0 Å². The van der Waals surface area contributed by atoms with Crippen molar-refractivity contribution in [2.45, 2.75) is 59.5 Å². The molecule has 0 rings (SSSR count). The monoisotopic (exact) mass is 200 g/mol. The molecule has 0 saturated heterocycles. The van der Waals surface area contributed by atoms with Gasteiger partial charge in [-0.25, -0.2) is 0 Å². The summed E-state index contributed by atoms with van der Waals surface area (Å²) in [5.74, 6) is 0. The Morgan fingerprint density at radius 1 is 1.14 bits per heavy atom. The quantitative estimate of drug-likeness (QED) is 0.679. The van der Waals surface area contributed by atoms with Crippen molar-refractivity contribution in [1.82, 2.24) is 10.2 Å². The summed E-state index contributed by atoms with van der Waals surface area (Å²) in [6.45, 7) is 16.9. The van der Waals surface area contributed by atoms with E-state index in [0.717, 1.165) is 19.6 Å². The van der Waals surface area contributed by atoms with Crippen molar-refractivity contribution in [2.24, 2.45) is 0 Å². The predicted octanol–water partition coefficient (Wildman–Crippen LogP) is 2.49. The Bertz CT molecular complexity index is 139. The summed E-state index contributed by atoms with van der Waals surface area (Å²) in [6, 6.07) is 0.635. The Hall–Kier alpha value is -0.0800. The minimum Gasteiger partial charge on any atom is -0.310 e. The second-order valence-corrected chi connectivity index (χ2v) is 4.69. The number of nitrogens with zero attached hydrogens (tertiary/aromatic N) is 1. The molecule has 0 bridgehead atoms. The molecule has 2 nitrogen and oxygen atoms in total. The third-order valence-corrected chi connectivity index (χ3v) is 3.20. The smallest absolute Gasteiger partial charge is 0.0192 e. The Labute approximate surface area is 90.1 Å². The van der Waals surface area contributed by atoms with Crippen LogP contribution in [0.1, 0.15) is 48.0 Å². The molecule has 0 fully saturated rings. The molecule has 0 aliphatic carbocycles. The van der Waals surface area contributed by atoms with Crippen LogP contribution in [0.2, 0.25) is 0 Å². The molecular weight excluding hydrogens is 172 g/mol. The van der Waals surface area contributed by atoms with E-state index >= 15 is 0 Å². The first kappa shape index (κ1) is 13.9. The van der Waals surface area contributed by atoms with Crippen LogP contribution in [0.5, 0.6) is 0 Å². The zero-order chi connectivity index (χ0) is 11.2. The standard InChI is InChI=1S/C12H28N2/c1-7-12(5,6)13-10-11(4)14(8-2)9-3/h11,13H,7-10H2,1-6H3. The molecule has 2 heteroatoms. The summed E-state index contributed by atoms with van der Waals surface area (Å²) >= 11 is 0. The van der Waals surface area contributed by atoms with Crippen LogP contribution < -0.4 is 5.32 Å². The van der Waals surface area contributed by atoms with Gasteiger partial charge in [-0.15, -0.1) is 0 Å². The predicted molar refractivity (Wildman–Crippen MR) is 64.8 cm³/mol. The van der Waals surface area contributed by atoms with Gasteiger partial charge in [-0.3, -0.25) is 4.90 Å². The summed E-state index contributed by atoms with van der Waals surface area (Å²) in [5.41, 5.74) is 0.279. The van der Waals surface area contributed by atoms with Crippen LogP contribution in [0.3, 0.4) is 0 Å². The van der Waals surface area contributed by atoms with Gasteiger partial charge in [0.05, 0.1) is 0 Å². The summed E-state index contributed by atoms with van der Waals surface area (Å²) < 4.78 is 0. The Kier molecular flexibility index (Phi) is 6.38. The fourth-order valence-corrected chi connectivity index (χ4v) is 1.53. The molecule has 1 N–H and O–H groups in total. The number of hydrogen-bond acceptors (Lipinski definition) is 2. The summed E-state index contributed by atoms with van der Waals surface area (Å²) in [4.78, 5) is 2.48. The third-order valence-electron chi connectivity index (χ3n) is 3.20. The Morgan fingerprint density at radius 3 is 2.00 bits per heavy atom. The van der Waals surface area contributed by atoms with Crippen molar-refractivity contribution in [3.05, 3.63) is 0 Å². The molecule has 0 aromatic heterocycles. The van der Waals surface area contributed by atoms with Crippen LogP contribution in [0.25, 0.3) is 0 Å². The molecule has 86 valence electrons. The van der Waals surface area contributed by atoms with Crippen LogP contribution in [0.4, 0.5) is 0 Å². The van der Waals surface area contributed by atoms with Crippen LogP contribution in [-0.4, -0.2) is 36.1 Å². The highest BCUT2D eigenvalue weighted by Gasteiger charge is 2.16. The number of hydrogen-bond donors (Lipinski definition) is 1. The van der Waals surface area contributed by atoms with Crippen molar-refractivity contribution >= 4 is 0 Å². The molecule has 0 aliphatic heterocycles. The van der Waals surface area contributed by atoms with E-state index < -0.39 is 0 Å². The zero-order valence-electron chi connectivity index (χ0n) is 10.9. The topological polar surface area (TPSA) is 15.3 Å². The molecule has 0 aromatic carbocycles. The first-order valence-corrected chi connectivity index (χ1v) is 5.95. The minimum atomic E-state index is 0.279.